The highest BCUT2D eigenvalue weighted by molar-refractivity contribution is 9.10. The van der Waals surface area contributed by atoms with E-state index in [0.29, 0.717) is 0 Å². The molecule has 0 bridgehead atoms. The fraction of sp³-hybridized carbons (Fsp3) is 0.211. The Bertz CT molecular complexity index is 1020. The number of nitrogens with zero attached hydrogens (tertiary/aromatic N) is 3. The van der Waals surface area contributed by atoms with E-state index in [4.69, 9.17) is 0 Å². The lowest BCUT2D eigenvalue weighted by molar-refractivity contribution is -0.173. The largest absolute Gasteiger partial charge is 0.410 e. The van der Waals surface area contributed by atoms with Gasteiger partial charge < -0.3 is 10.6 Å². The Balaban J connectivity index is 1.63. The van der Waals surface area contributed by atoms with Crippen molar-refractivity contribution in [2.24, 2.45) is 0 Å². The van der Waals surface area contributed by atoms with E-state index >= 15 is 0 Å². The minimum Gasteiger partial charge on any atom is -0.363 e. The summed E-state index contributed by atoms with van der Waals surface area (Å²) in [6.07, 6.45) is -3.23. The third-order valence-corrected chi connectivity index (χ3v) is 5.06. The van der Waals surface area contributed by atoms with E-state index < -0.39 is 24.2 Å². The van der Waals surface area contributed by atoms with Crippen LogP contribution in [-0.2, 0) is 0 Å². The smallest absolute Gasteiger partial charge is 0.363 e. The first-order valence-electron chi connectivity index (χ1n) is 8.72. The number of hydrogen-bond acceptors (Lipinski definition) is 4. The third kappa shape index (κ3) is 4.12. The average molecular weight is 466 g/mol. The number of carbonyl (C=O) groups is 1. The van der Waals surface area contributed by atoms with Crippen LogP contribution in [0.25, 0.3) is 0 Å². The first-order valence-corrected chi connectivity index (χ1v) is 9.51. The highest BCUT2D eigenvalue weighted by Gasteiger charge is 2.46. The molecule has 1 aliphatic rings. The van der Waals surface area contributed by atoms with Crippen LogP contribution in [0.3, 0.4) is 0 Å². The second-order valence-electron chi connectivity index (χ2n) is 6.58. The summed E-state index contributed by atoms with van der Waals surface area (Å²) in [5.74, 6) is -0.228. The maximum atomic E-state index is 13.7. The summed E-state index contributed by atoms with van der Waals surface area (Å²) >= 11 is 3.24. The van der Waals surface area contributed by atoms with Gasteiger partial charge in [0.15, 0.2) is 11.7 Å². The molecule has 0 spiro atoms. The van der Waals surface area contributed by atoms with Gasteiger partial charge >= 0.3 is 6.18 Å². The van der Waals surface area contributed by atoms with E-state index in [9.17, 15) is 18.0 Å². The van der Waals surface area contributed by atoms with Crippen LogP contribution in [-0.4, -0.2) is 26.8 Å². The van der Waals surface area contributed by atoms with Crippen molar-refractivity contribution in [2.75, 3.05) is 10.6 Å². The van der Waals surface area contributed by atoms with Gasteiger partial charge in [0.2, 0.25) is 0 Å². The third-order valence-electron chi connectivity index (χ3n) is 4.59. The molecule has 2 atom stereocenters. The van der Waals surface area contributed by atoms with Crippen molar-refractivity contribution in [2.45, 2.75) is 24.7 Å². The molecule has 0 saturated carbocycles. The summed E-state index contributed by atoms with van der Waals surface area (Å²) in [5, 5.41) is 9.52. The maximum absolute atomic E-state index is 13.7. The quantitative estimate of drug-likeness (QED) is 0.573. The molecular weight excluding hydrogens is 451 g/mol. The first kappa shape index (κ1) is 19.4. The maximum Gasteiger partial charge on any atom is 0.410 e. The van der Waals surface area contributed by atoms with Crippen molar-refractivity contribution in [3.63, 3.8) is 0 Å². The highest BCUT2D eigenvalue weighted by atomic mass is 79.9. The van der Waals surface area contributed by atoms with E-state index in [0.717, 1.165) is 14.7 Å². The lowest BCUT2D eigenvalue weighted by Crippen LogP contribution is -2.35. The molecule has 10 heteroatoms. The standard InChI is InChI=1S/C19H15BrF3N5O/c20-12-6-7-16(24-10-12)26-18(29)14-9-17-25-13(11-4-2-1-3-5-11)8-15(19(21,22)23)28(17)27-14/h1-7,9-10,13,15,25H,8H2,(H,24,26,29)/t13-,15+/m0/s1. The predicted molar refractivity (Wildman–Crippen MR) is 105 cm³/mol. The van der Waals surface area contributed by atoms with Crippen LogP contribution < -0.4 is 10.6 Å². The molecule has 6 nitrogen and oxygen atoms in total. The van der Waals surface area contributed by atoms with E-state index in [1.54, 1.807) is 42.5 Å². The van der Waals surface area contributed by atoms with Gasteiger partial charge in [-0.15, -0.1) is 0 Å². The van der Waals surface area contributed by atoms with E-state index in [2.05, 4.69) is 36.6 Å². The number of aromatic nitrogens is 3. The molecule has 2 aromatic heterocycles. The van der Waals surface area contributed by atoms with Gasteiger partial charge in [-0.1, -0.05) is 30.3 Å². The molecule has 1 aromatic carbocycles. The van der Waals surface area contributed by atoms with Crippen molar-refractivity contribution >= 4 is 33.5 Å². The molecule has 1 aliphatic heterocycles. The Kier molecular flexibility index (Phi) is 5.03. The Hall–Kier alpha value is -2.88. The van der Waals surface area contributed by atoms with Crippen molar-refractivity contribution in [1.82, 2.24) is 14.8 Å². The topological polar surface area (TPSA) is 71.8 Å². The van der Waals surface area contributed by atoms with Crippen LogP contribution in [0.1, 0.15) is 34.6 Å². The Labute approximate surface area is 172 Å². The Morgan fingerprint density at radius 3 is 2.62 bits per heavy atom. The molecular formula is C19H15BrF3N5O. The number of anilines is 2. The van der Waals surface area contributed by atoms with Crippen LogP contribution in [0.15, 0.2) is 59.2 Å². The van der Waals surface area contributed by atoms with Crippen LogP contribution in [0.4, 0.5) is 24.8 Å². The lowest BCUT2D eigenvalue weighted by atomic mass is 9.97. The highest BCUT2D eigenvalue weighted by Crippen LogP contribution is 2.43. The minimum absolute atomic E-state index is 0.125. The molecule has 0 fully saturated rings. The fourth-order valence-corrected chi connectivity index (χ4v) is 3.45. The molecule has 1 amide bonds. The zero-order valence-corrected chi connectivity index (χ0v) is 16.4. The van der Waals surface area contributed by atoms with Crippen molar-refractivity contribution < 1.29 is 18.0 Å². The summed E-state index contributed by atoms with van der Waals surface area (Å²) in [7, 11) is 0. The minimum atomic E-state index is -4.50. The molecule has 2 N–H and O–H groups in total. The van der Waals surface area contributed by atoms with Crippen LogP contribution in [0.2, 0.25) is 0 Å². The molecule has 0 unspecified atom stereocenters. The van der Waals surface area contributed by atoms with Gasteiger partial charge in [0.05, 0.1) is 6.04 Å². The zero-order valence-electron chi connectivity index (χ0n) is 14.8. The number of pyridine rings is 1. The molecule has 3 aromatic rings. The van der Waals surface area contributed by atoms with Crippen LogP contribution >= 0.6 is 15.9 Å². The van der Waals surface area contributed by atoms with Gasteiger partial charge in [0.1, 0.15) is 11.6 Å². The molecule has 0 saturated heterocycles. The fourth-order valence-electron chi connectivity index (χ4n) is 3.22. The van der Waals surface area contributed by atoms with Crippen LogP contribution in [0.5, 0.6) is 0 Å². The van der Waals surface area contributed by atoms with E-state index in [-0.39, 0.29) is 23.8 Å². The number of fused-ring (bicyclic) bond motifs is 1. The molecule has 3 heterocycles. The van der Waals surface area contributed by atoms with Gasteiger partial charge in [-0.05, 0) is 33.6 Å². The second-order valence-corrected chi connectivity index (χ2v) is 7.49. The van der Waals surface area contributed by atoms with Crippen LogP contribution in [0, 0.1) is 0 Å². The van der Waals surface area contributed by atoms with E-state index in [1.807, 2.05) is 0 Å². The molecule has 0 radical (unpaired) electrons. The summed E-state index contributed by atoms with van der Waals surface area (Å²) in [6, 6.07) is 11.1. The normalized spacial score (nSPS) is 18.6. The predicted octanol–water partition coefficient (Wildman–Crippen LogP) is 4.95. The molecule has 4 rings (SSSR count). The number of carbonyl (C=O) groups excluding carboxylic acids is 1. The van der Waals surface area contributed by atoms with Crippen molar-refractivity contribution in [3.05, 3.63) is 70.5 Å². The van der Waals surface area contributed by atoms with Gasteiger partial charge in [0.25, 0.3) is 5.91 Å². The van der Waals surface area contributed by atoms with Gasteiger partial charge in [-0.2, -0.15) is 18.3 Å². The number of nitrogens with one attached hydrogen (secondary N) is 2. The SMILES string of the molecule is O=C(Nc1ccc(Br)cn1)c1cc2n(n1)[C@@H](C(F)(F)F)C[C@@H](c1ccccc1)N2. The summed E-state index contributed by atoms with van der Waals surface area (Å²) in [5.41, 5.74) is 0.611. The van der Waals surface area contributed by atoms with E-state index in [1.165, 1.54) is 12.3 Å². The number of halogens is 4. The zero-order chi connectivity index (χ0) is 20.6. The average Bonchev–Trinajstić information content (AvgIpc) is 3.13. The molecule has 0 aliphatic carbocycles. The molecule has 29 heavy (non-hydrogen) atoms. The number of rotatable bonds is 3. The summed E-state index contributed by atoms with van der Waals surface area (Å²) in [4.78, 5) is 16.5. The Morgan fingerprint density at radius 1 is 1.21 bits per heavy atom. The van der Waals surface area contributed by atoms with Gasteiger partial charge in [-0.25, -0.2) is 9.67 Å². The summed E-state index contributed by atoms with van der Waals surface area (Å²) in [6.45, 7) is 0. The number of amides is 1. The summed E-state index contributed by atoms with van der Waals surface area (Å²) < 4.78 is 42.7. The van der Waals surface area contributed by atoms with Crippen molar-refractivity contribution in [1.29, 1.82) is 0 Å². The number of benzene rings is 1. The monoisotopic (exact) mass is 465 g/mol. The lowest BCUT2D eigenvalue weighted by Gasteiger charge is -2.33. The second kappa shape index (κ2) is 7.51. The Morgan fingerprint density at radius 2 is 1.97 bits per heavy atom. The van der Waals surface area contributed by atoms with Gasteiger partial charge in [0, 0.05) is 23.2 Å². The first-order chi connectivity index (χ1) is 13.8. The number of alkyl halides is 3. The number of hydrogen-bond donors (Lipinski definition) is 2. The van der Waals surface area contributed by atoms with Crippen molar-refractivity contribution in [3.8, 4) is 0 Å². The van der Waals surface area contributed by atoms with Gasteiger partial charge in [-0.3, -0.25) is 4.79 Å². The molecule has 150 valence electrons.